The molecule has 0 bridgehead atoms. The van der Waals surface area contributed by atoms with Crippen molar-refractivity contribution in [2.75, 3.05) is 6.54 Å². The van der Waals surface area contributed by atoms with Gasteiger partial charge in [-0.3, -0.25) is 5.73 Å². The fourth-order valence-electron chi connectivity index (χ4n) is 4.82. The Bertz CT molecular complexity index is 612. The fourth-order valence-corrected chi connectivity index (χ4v) is 4.82. The van der Waals surface area contributed by atoms with Crippen LogP contribution in [0.15, 0.2) is 29.5 Å². The average molecular weight is 477 g/mol. The minimum atomic E-state index is -0.842. The van der Waals surface area contributed by atoms with Crippen LogP contribution in [0.5, 0.6) is 0 Å². The summed E-state index contributed by atoms with van der Waals surface area (Å²) in [5, 5.41) is 9.28. The van der Waals surface area contributed by atoms with Gasteiger partial charge < -0.3 is 5.11 Å². The number of carbonyl (C=O) groups is 1. The molecule has 3 N–H and O–H groups in total. The van der Waals surface area contributed by atoms with Crippen molar-refractivity contribution in [1.29, 1.82) is 0 Å². The van der Waals surface area contributed by atoms with Crippen LogP contribution in [0.3, 0.4) is 0 Å². The van der Waals surface area contributed by atoms with Gasteiger partial charge in [0.25, 0.3) is 0 Å². The number of amidine groups is 1. The summed E-state index contributed by atoms with van der Waals surface area (Å²) in [7, 11) is 0. The molecule has 1 aliphatic rings. The molecule has 0 aliphatic carbocycles. The summed E-state index contributed by atoms with van der Waals surface area (Å²) >= 11 is 0. The second-order valence-corrected chi connectivity index (χ2v) is 10.2. The van der Waals surface area contributed by atoms with Crippen molar-refractivity contribution in [3.63, 3.8) is 0 Å². The molecule has 1 aliphatic heterocycles. The Morgan fingerprint density at radius 3 is 1.82 bits per heavy atom. The number of hydrogen-bond acceptors (Lipinski definition) is 3. The predicted octanol–water partition coefficient (Wildman–Crippen LogP) is 8.06. The van der Waals surface area contributed by atoms with Crippen LogP contribution in [0.4, 0.5) is 0 Å². The van der Waals surface area contributed by atoms with E-state index in [9.17, 15) is 9.90 Å². The number of aliphatic imine (C=N–C) groups is 1. The number of carboxylic acid groups (broad SMARTS) is 1. The summed E-state index contributed by atoms with van der Waals surface area (Å²) < 4.78 is 0.161. The maximum Gasteiger partial charge on any atom is 0.360 e. The monoisotopic (exact) mass is 476 g/mol. The third-order valence-corrected chi connectivity index (χ3v) is 7.07. The van der Waals surface area contributed by atoms with Crippen molar-refractivity contribution in [2.24, 2.45) is 10.7 Å². The summed E-state index contributed by atoms with van der Waals surface area (Å²) in [6.45, 7) is 4.11. The van der Waals surface area contributed by atoms with Gasteiger partial charge in [0, 0.05) is 13.3 Å². The first kappa shape index (κ1) is 30.6. The smallest absolute Gasteiger partial charge is 0.360 e. The standard InChI is InChI=1S/C29H53N3O2/c1-3-4-5-6-7-8-9-10-11-12-13-14-15-16-17-18-19-20-21-22-23-28-31-24-25-32(28,27(2)30)26-29(33)34/h17-18,24-25,27H,3-16,19-23,26,30H2,1-2H3/p+1/b18-17+. The topological polar surface area (TPSA) is 75.7 Å². The van der Waals surface area contributed by atoms with Gasteiger partial charge in [0.15, 0.2) is 6.54 Å². The minimum Gasteiger partial charge on any atom is -0.477 e. The van der Waals surface area contributed by atoms with Gasteiger partial charge in [-0.05, 0) is 32.1 Å². The van der Waals surface area contributed by atoms with Crippen LogP contribution < -0.4 is 5.73 Å². The van der Waals surface area contributed by atoms with E-state index in [2.05, 4.69) is 24.1 Å². The summed E-state index contributed by atoms with van der Waals surface area (Å²) in [4.78, 5) is 15.7. The van der Waals surface area contributed by atoms with E-state index in [0.29, 0.717) is 0 Å². The number of rotatable bonds is 23. The molecule has 0 spiro atoms. The summed E-state index contributed by atoms with van der Waals surface area (Å²) in [6, 6.07) is 0. The Morgan fingerprint density at radius 2 is 1.35 bits per heavy atom. The molecular weight excluding hydrogens is 422 g/mol. The minimum absolute atomic E-state index is 0.0328. The maximum atomic E-state index is 11.3. The summed E-state index contributed by atoms with van der Waals surface area (Å²) in [5.41, 5.74) is 6.12. The molecule has 0 aromatic carbocycles. The van der Waals surface area contributed by atoms with Gasteiger partial charge in [-0.15, -0.1) is 0 Å². The first-order valence-electron chi connectivity index (χ1n) is 14.3. The van der Waals surface area contributed by atoms with Crippen molar-refractivity contribution in [2.45, 2.75) is 142 Å². The SMILES string of the molecule is CCCCCCCCCCCCCCC/C=C/CCCCCC1=NC=C[N+]1(CC(=O)O)C(C)N. The van der Waals surface area contributed by atoms with E-state index in [1.165, 1.54) is 96.3 Å². The van der Waals surface area contributed by atoms with E-state index >= 15 is 0 Å². The second-order valence-electron chi connectivity index (χ2n) is 10.2. The number of nitrogens with zero attached hydrogens (tertiary/aromatic N) is 2. The highest BCUT2D eigenvalue weighted by Gasteiger charge is 2.40. The van der Waals surface area contributed by atoms with Crippen molar-refractivity contribution in [3.05, 3.63) is 24.6 Å². The highest BCUT2D eigenvalue weighted by molar-refractivity contribution is 5.81. The first-order valence-corrected chi connectivity index (χ1v) is 14.3. The molecule has 196 valence electrons. The third-order valence-electron chi connectivity index (χ3n) is 7.07. The zero-order chi connectivity index (χ0) is 24.9. The third kappa shape index (κ3) is 13.4. The second kappa shape index (κ2) is 19.8. The number of hydrogen-bond donors (Lipinski definition) is 2. The Kier molecular flexibility index (Phi) is 17.8. The molecule has 5 nitrogen and oxygen atoms in total. The van der Waals surface area contributed by atoms with E-state index in [1.807, 2.05) is 13.1 Å². The number of unbranched alkanes of at least 4 members (excludes halogenated alkanes) is 16. The molecule has 0 fully saturated rings. The van der Waals surface area contributed by atoms with Crippen molar-refractivity contribution in [3.8, 4) is 0 Å². The van der Waals surface area contributed by atoms with Gasteiger partial charge in [0.05, 0.1) is 6.20 Å². The van der Waals surface area contributed by atoms with Crippen molar-refractivity contribution >= 4 is 11.8 Å². The van der Waals surface area contributed by atoms with Crippen LogP contribution in [0.25, 0.3) is 0 Å². The van der Waals surface area contributed by atoms with Gasteiger partial charge >= 0.3 is 5.97 Å². The van der Waals surface area contributed by atoms with E-state index in [-0.39, 0.29) is 17.2 Å². The molecule has 1 rings (SSSR count). The largest absolute Gasteiger partial charge is 0.477 e. The lowest BCUT2D eigenvalue weighted by atomic mass is 10.0. The lowest BCUT2D eigenvalue weighted by Gasteiger charge is -2.34. The maximum absolute atomic E-state index is 11.3. The van der Waals surface area contributed by atoms with Crippen LogP contribution in [-0.2, 0) is 4.79 Å². The highest BCUT2D eigenvalue weighted by Crippen LogP contribution is 2.23. The van der Waals surface area contributed by atoms with E-state index in [0.717, 1.165) is 31.5 Å². The van der Waals surface area contributed by atoms with Crippen LogP contribution in [-0.4, -0.2) is 34.1 Å². The summed E-state index contributed by atoms with van der Waals surface area (Å²) in [5.74, 6) is 0.0422. The lowest BCUT2D eigenvalue weighted by Crippen LogP contribution is -2.59. The number of allylic oxidation sites excluding steroid dienone is 2. The van der Waals surface area contributed by atoms with Crippen molar-refractivity contribution < 1.29 is 14.4 Å². The number of aliphatic carboxylic acids is 1. The Labute approximate surface area is 210 Å². The number of nitrogens with two attached hydrogens (primary N) is 1. The molecule has 0 saturated heterocycles. The van der Waals surface area contributed by atoms with Crippen LogP contribution in [0.2, 0.25) is 0 Å². The normalized spacial score (nSPS) is 18.6. The summed E-state index contributed by atoms with van der Waals surface area (Å²) in [6.07, 6.45) is 32.7. The van der Waals surface area contributed by atoms with Gasteiger partial charge in [-0.2, -0.15) is 0 Å². The van der Waals surface area contributed by atoms with Crippen molar-refractivity contribution in [1.82, 2.24) is 0 Å². The highest BCUT2D eigenvalue weighted by atomic mass is 16.4. The van der Waals surface area contributed by atoms with Gasteiger partial charge in [-0.1, -0.05) is 103 Å². The molecular formula is C29H54N3O2+. The number of quaternary nitrogens is 1. The Morgan fingerprint density at radius 1 is 0.882 bits per heavy atom. The molecule has 0 radical (unpaired) electrons. The quantitative estimate of drug-likeness (QED) is 0.0889. The van der Waals surface area contributed by atoms with E-state index in [4.69, 9.17) is 5.73 Å². The molecule has 0 saturated carbocycles. The zero-order valence-corrected chi connectivity index (χ0v) is 22.4. The molecule has 0 amide bonds. The number of carboxylic acids is 1. The average Bonchev–Trinajstić information content (AvgIpc) is 3.20. The molecule has 1 heterocycles. The van der Waals surface area contributed by atoms with Gasteiger partial charge in [0.1, 0.15) is 12.4 Å². The predicted molar refractivity (Wildman–Crippen MR) is 146 cm³/mol. The van der Waals surface area contributed by atoms with E-state index < -0.39 is 5.97 Å². The Balaban J connectivity index is 1.93. The fraction of sp³-hybridized carbons (Fsp3) is 0.793. The first-order chi connectivity index (χ1) is 16.5. The van der Waals surface area contributed by atoms with Gasteiger partial charge in [0.2, 0.25) is 5.84 Å². The van der Waals surface area contributed by atoms with Crippen LogP contribution >= 0.6 is 0 Å². The van der Waals surface area contributed by atoms with Gasteiger partial charge in [-0.25, -0.2) is 14.3 Å². The molecule has 2 atom stereocenters. The zero-order valence-electron chi connectivity index (χ0n) is 22.4. The lowest BCUT2D eigenvalue weighted by molar-refractivity contribution is -0.805. The van der Waals surface area contributed by atoms with Crippen LogP contribution in [0, 0.1) is 0 Å². The molecule has 34 heavy (non-hydrogen) atoms. The molecule has 0 aromatic rings. The van der Waals surface area contributed by atoms with E-state index in [1.54, 1.807) is 6.20 Å². The molecule has 0 aromatic heterocycles. The Hall–Kier alpha value is -1.46. The van der Waals surface area contributed by atoms with Crippen LogP contribution in [0.1, 0.15) is 136 Å². The molecule has 2 unspecified atom stereocenters. The molecule has 5 heteroatoms.